The van der Waals surface area contributed by atoms with Crippen LogP contribution in [0, 0.1) is 6.92 Å². The summed E-state index contributed by atoms with van der Waals surface area (Å²) < 4.78 is 4.30. The van der Waals surface area contributed by atoms with Gasteiger partial charge in [-0.1, -0.05) is 18.9 Å². The molecule has 1 saturated heterocycles. The van der Waals surface area contributed by atoms with Crippen LogP contribution in [0.4, 0.5) is 11.4 Å². The molecule has 1 aromatic carbocycles. The van der Waals surface area contributed by atoms with Gasteiger partial charge in [0.15, 0.2) is 0 Å². The number of aliphatic imine (C=N–C) groups is 1. The normalized spacial score (nSPS) is 15.4. The standard InChI is InChI=1S/C28H33N7OS/c1-4-19-13-22(36)5-6-25(19)33-28(29)24-16-31-35-17-20(23-15-30-10-7-18(23)2)14-26(35)27(24)32-21-8-11-34(37-3)12-9-21/h5-7,10,13-17,21,32,36H,4,8-9,11-12H2,1-3H3,(H2,29,33). The third-order valence-electron chi connectivity index (χ3n) is 7.01. The van der Waals surface area contributed by atoms with Gasteiger partial charge in [0.05, 0.1) is 28.7 Å². The molecule has 192 valence electrons. The summed E-state index contributed by atoms with van der Waals surface area (Å²) in [4.78, 5) is 9.11. The maximum Gasteiger partial charge on any atom is 0.135 e. The number of nitrogens with one attached hydrogen (secondary N) is 1. The average molecular weight is 516 g/mol. The van der Waals surface area contributed by atoms with E-state index in [1.807, 2.05) is 36.1 Å². The number of pyridine rings is 1. The predicted octanol–water partition coefficient (Wildman–Crippen LogP) is 5.16. The van der Waals surface area contributed by atoms with E-state index < -0.39 is 0 Å². The summed E-state index contributed by atoms with van der Waals surface area (Å²) >= 11 is 1.80. The highest BCUT2D eigenvalue weighted by atomic mass is 32.2. The Bertz CT molecular complexity index is 1440. The largest absolute Gasteiger partial charge is 0.508 e. The maximum absolute atomic E-state index is 9.90. The summed E-state index contributed by atoms with van der Waals surface area (Å²) in [5.41, 5.74) is 14.3. The van der Waals surface area contributed by atoms with Crippen molar-refractivity contribution in [3.8, 4) is 16.9 Å². The van der Waals surface area contributed by atoms with E-state index >= 15 is 0 Å². The smallest absolute Gasteiger partial charge is 0.135 e. The Kier molecular flexibility index (Phi) is 7.34. The summed E-state index contributed by atoms with van der Waals surface area (Å²) in [6.07, 6.45) is 12.5. The number of hydrogen-bond acceptors (Lipinski definition) is 7. The van der Waals surface area contributed by atoms with E-state index in [1.54, 1.807) is 36.3 Å². The number of anilines is 1. The van der Waals surface area contributed by atoms with Crippen molar-refractivity contribution in [1.82, 2.24) is 18.9 Å². The predicted molar refractivity (Wildman–Crippen MR) is 153 cm³/mol. The Morgan fingerprint density at radius 1 is 1.22 bits per heavy atom. The van der Waals surface area contributed by atoms with Crippen molar-refractivity contribution in [2.75, 3.05) is 24.7 Å². The summed E-state index contributed by atoms with van der Waals surface area (Å²) in [7, 11) is 0. The minimum absolute atomic E-state index is 0.225. The highest BCUT2D eigenvalue weighted by Gasteiger charge is 2.22. The first-order chi connectivity index (χ1) is 18.0. The zero-order valence-corrected chi connectivity index (χ0v) is 22.3. The lowest BCUT2D eigenvalue weighted by Crippen LogP contribution is -2.36. The number of phenolic OH excluding ortho intramolecular Hbond substituents is 1. The molecule has 4 aromatic rings. The number of fused-ring (bicyclic) bond motifs is 1. The molecule has 0 aliphatic carbocycles. The molecule has 0 unspecified atom stereocenters. The minimum Gasteiger partial charge on any atom is -0.508 e. The van der Waals surface area contributed by atoms with Gasteiger partial charge in [0.1, 0.15) is 11.6 Å². The molecular weight excluding hydrogens is 482 g/mol. The van der Waals surface area contributed by atoms with Crippen molar-refractivity contribution in [3.63, 3.8) is 0 Å². The molecule has 37 heavy (non-hydrogen) atoms. The van der Waals surface area contributed by atoms with Crippen molar-refractivity contribution in [1.29, 1.82) is 0 Å². The Balaban J connectivity index is 1.60. The van der Waals surface area contributed by atoms with Crippen LogP contribution in [0.3, 0.4) is 0 Å². The number of aromatic nitrogens is 3. The van der Waals surface area contributed by atoms with Gasteiger partial charge in [-0.15, -0.1) is 0 Å². The molecule has 0 saturated carbocycles. The third kappa shape index (κ3) is 5.28. The molecule has 4 heterocycles. The van der Waals surface area contributed by atoms with E-state index in [0.29, 0.717) is 11.9 Å². The molecule has 0 bridgehead atoms. The molecule has 5 rings (SSSR count). The van der Waals surface area contributed by atoms with E-state index in [1.165, 1.54) is 0 Å². The Hall–Kier alpha value is -3.56. The van der Waals surface area contributed by atoms with Crippen LogP contribution >= 0.6 is 11.9 Å². The van der Waals surface area contributed by atoms with Crippen molar-refractivity contribution < 1.29 is 5.11 Å². The molecular formula is C28H33N7OS. The number of phenols is 1. The van der Waals surface area contributed by atoms with Crippen LogP contribution in [-0.4, -0.2) is 55.2 Å². The number of benzene rings is 1. The molecule has 1 fully saturated rings. The number of amidine groups is 1. The molecule has 3 aromatic heterocycles. The molecule has 0 spiro atoms. The van der Waals surface area contributed by atoms with Crippen LogP contribution in [0.5, 0.6) is 5.75 Å². The van der Waals surface area contributed by atoms with Gasteiger partial charge in [-0.05, 0) is 73.9 Å². The zero-order valence-electron chi connectivity index (χ0n) is 21.5. The van der Waals surface area contributed by atoms with E-state index in [0.717, 1.165) is 77.1 Å². The molecule has 1 aliphatic heterocycles. The molecule has 1 aliphatic rings. The Morgan fingerprint density at radius 2 is 2.03 bits per heavy atom. The van der Waals surface area contributed by atoms with Crippen LogP contribution in [-0.2, 0) is 6.42 Å². The number of piperidine rings is 1. The van der Waals surface area contributed by atoms with Crippen LogP contribution < -0.4 is 11.1 Å². The molecule has 4 N–H and O–H groups in total. The highest BCUT2D eigenvalue weighted by molar-refractivity contribution is 7.96. The summed E-state index contributed by atoms with van der Waals surface area (Å²) in [6, 6.07) is 9.66. The fraction of sp³-hybridized carbons (Fsp3) is 0.321. The van der Waals surface area contributed by atoms with Gasteiger partial charge in [-0.3, -0.25) is 9.29 Å². The number of aryl methyl sites for hydroxylation is 2. The second-order valence-electron chi connectivity index (χ2n) is 9.38. The number of nitrogens with two attached hydrogens (primary N) is 1. The number of hydrogen-bond donors (Lipinski definition) is 3. The van der Waals surface area contributed by atoms with Gasteiger partial charge in [-0.2, -0.15) is 5.10 Å². The first-order valence-electron chi connectivity index (χ1n) is 12.6. The van der Waals surface area contributed by atoms with E-state index in [4.69, 9.17) is 15.8 Å². The second kappa shape index (κ2) is 10.8. The number of nitrogens with zero attached hydrogens (tertiary/aromatic N) is 5. The van der Waals surface area contributed by atoms with Crippen molar-refractivity contribution in [3.05, 3.63) is 71.8 Å². The maximum atomic E-state index is 9.90. The van der Waals surface area contributed by atoms with Crippen molar-refractivity contribution >= 4 is 34.7 Å². The van der Waals surface area contributed by atoms with Crippen LogP contribution in [0.15, 0.2) is 60.1 Å². The van der Waals surface area contributed by atoms with Gasteiger partial charge >= 0.3 is 0 Å². The lowest BCUT2D eigenvalue weighted by atomic mass is 10.0. The third-order valence-corrected chi connectivity index (χ3v) is 7.89. The summed E-state index contributed by atoms with van der Waals surface area (Å²) in [5.74, 6) is 0.613. The SMILES string of the molecule is CCc1cc(O)ccc1/N=C(\N)c1cnn2cc(-c3cnccc3C)cc2c1NC1CCN(SC)CC1. The van der Waals surface area contributed by atoms with E-state index in [-0.39, 0.29) is 5.75 Å². The lowest BCUT2D eigenvalue weighted by Gasteiger charge is -2.31. The van der Waals surface area contributed by atoms with E-state index in [9.17, 15) is 5.11 Å². The quantitative estimate of drug-likeness (QED) is 0.177. The Labute approximate surface area is 221 Å². The number of aromatic hydroxyl groups is 1. The van der Waals surface area contributed by atoms with Gasteiger partial charge in [0.25, 0.3) is 0 Å². The molecule has 0 amide bonds. The van der Waals surface area contributed by atoms with Crippen LogP contribution in [0.2, 0.25) is 0 Å². The van der Waals surface area contributed by atoms with Crippen molar-refractivity contribution in [2.24, 2.45) is 10.7 Å². The Morgan fingerprint density at radius 3 is 2.76 bits per heavy atom. The summed E-state index contributed by atoms with van der Waals surface area (Å²) in [6.45, 7) is 6.19. The zero-order chi connectivity index (χ0) is 25.9. The molecule has 9 heteroatoms. The average Bonchev–Trinajstić information content (AvgIpc) is 3.35. The highest BCUT2D eigenvalue weighted by Crippen LogP contribution is 2.32. The molecule has 0 atom stereocenters. The van der Waals surface area contributed by atoms with Crippen LogP contribution in [0.25, 0.3) is 16.6 Å². The van der Waals surface area contributed by atoms with Crippen molar-refractivity contribution in [2.45, 2.75) is 39.2 Å². The second-order valence-corrected chi connectivity index (χ2v) is 10.3. The molecule has 8 nitrogen and oxygen atoms in total. The fourth-order valence-corrected chi connectivity index (χ4v) is 5.43. The van der Waals surface area contributed by atoms with Gasteiger partial charge in [0.2, 0.25) is 0 Å². The summed E-state index contributed by atoms with van der Waals surface area (Å²) in [5, 5.41) is 18.4. The first kappa shape index (κ1) is 25.1. The van der Waals surface area contributed by atoms with Gasteiger partial charge in [-0.25, -0.2) is 9.51 Å². The molecule has 0 radical (unpaired) electrons. The van der Waals surface area contributed by atoms with Crippen LogP contribution in [0.1, 0.15) is 36.5 Å². The first-order valence-corrected chi connectivity index (χ1v) is 13.8. The topological polar surface area (TPSA) is 104 Å². The minimum atomic E-state index is 0.225. The van der Waals surface area contributed by atoms with Gasteiger partial charge in [0, 0.05) is 48.8 Å². The fourth-order valence-electron chi connectivity index (χ4n) is 4.86. The van der Waals surface area contributed by atoms with Gasteiger partial charge < -0.3 is 16.2 Å². The monoisotopic (exact) mass is 515 g/mol. The number of rotatable bonds is 7. The van der Waals surface area contributed by atoms with E-state index in [2.05, 4.69) is 33.9 Å². The lowest BCUT2D eigenvalue weighted by molar-refractivity contribution is 0.359.